The van der Waals surface area contributed by atoms with Crippen molar-refractivity contribution in [1.29, 1.82) is 0 Å². The van der Waals surface area contributed by atoms with Gasteiger partial charge < -0.3 is 10.5 Å². The third-order valence-electron chi connectivity index (χ3n) is 3.18. The first-order chi connectivity index (χ1) is 10.1. The van der Waals surface area contributed by atoms with E-state index in [2.05, 4.69) is 36.8 Å². The van der Waals surface area contributed by atoms with Crippen molar-refractivity contribution in [3.05, 3.63) is 57.1 Å². The van der Waals surface area contributed by atoms with Crippen LogP contribution in [0.4, 0.5) is 5.69 Å². The van der Waals surface area contributed by atoms with Gasteiger partial charge in [0, 0.05) is 25.9 Å². The second-order valence-corrected chi connectivity index (χ2v) is 6.46. The molecule has 106 valence electrons. The Balaban J connectivity index is 2.13. The maximum Gasteiger partial charge on any atom is 0.227 e. The Labute approximate surface area is 139 Å². The molecule has 3 nitrogen and oxygen atoms in total. The molecule has 0 bridgehead atoms. The van der Waals surface area contributed by atoms with E-state index >= 15 is 0 Å². The molecule has 0 atom stereocenters. The SMILES string of the molecule is Cc1cc(Br)cc(N)c1Oc1nccc2c(Br)cccc12. The van der Waals surface area contributed by atoms with Gasteiger partial charge >= 0.3 is 0 Å². The summed E-state index contributed by atoms with van der Waals surface area (Å²) in [5.41, 5.74) is 7.59. The number of halogens is 2. The summed E-state index contributed by atoms with van der Waals surface area (Å²) in [6.45, 7) is 1.96. The predicted octanol–water partition coefficient (Wildman–Crippen LogP) is 5.44. The number of hydrogen-bond acceptors (Lipinski definition) is 3. The van der Waals surface area contributed by atoms with Crippen LogP contribution in [0.25, 0.3) is 10.8 Å². The highest BCUT2D eigenvalue weighted by molar-refractivity contribution is 9.11. The first kappa shape index (κ1) is 14.4. The summed E-state index contributed by atoms with van der Waals surface area (Å²) in [6.07, 6.45) is 1.73. The van der Waals surface area contributed by atoms with Crippen LogP contribution in [0.2, 0.25) is 0 Å². The minimum atomic E-state index is 0.547. The van der Waals surface area contributed by atoms with Gasteiger partial charge in [-0.25, -0.2) is 4.98 Å². The van der Waals surface area contributed by atoms with Crippen LogP contribution < -0.4 is 10.5 Å². The lowest BCUT2D eigenvalue weighted by atomic mass is 10.1. The average molecular weight is 408 g/mol. The Hall–Kier alpha value is -1.59. The van der Waals surface area contributed by atoms with Crippen LogP contribution in [-0.4, -0.2) is 4.98 Å². The number of rotatable bonds is 2. The number of fused-ring (bicyclic) bond motifs is 1. The number of benzene rings is 2. The highest BCUT2D eigenvalue weighted by Gasteiger charge is 2.11. The lowest BCUT2D eigenvalue weighted by molar-refractivity contribution is 0.468. The van der Waals surface area contributed by atoms with E-state index < -0.39 is 0 Å². The molecule has 0 radical (unpaired) electrons. The highest BCUT2D eigenvalue weighted by Crippen LogP contribution is 2.36. The van der Waals surface area contributed by atoms with E-state index in [9.17, 15) is 0 Å². The van der Waals surface area contributed by atoms with Crippen molar-refractivity contribution in [1.82, 2.24) is 4.98 Å². The van der Waals surface area contributed by atoms with Gasteiger partial charge in [0.2, 0.25) is 5.88 Å². The smallest absolute Gasteiger partial charge is 0.227 e. The summed E-state index contributed by atoms with van der Waals surface area (Å²) in [5.74, 6) is 1.18. The van der Waals surface area contributed by atoms with E-state index in [1.807, 2.05) is 43.3 Å². The molecular weight excluding hydrogens is 396 g/mol. The molecule has 0 saturated heterocycles. The normalized spacial score (nSPS) is 10.8. The molecule has 0 saturated carbocycles. The van der Waals surface area contributed by atoms with E-state index in [1.54, 1.807) is 6.20 Å². The number of anilines is 1. The van der Waals surface area contributed by atoms with E-state index in [-0.39, 0.29) is 0 Å². The van der Waals surface area contributed by atoms with Crippen LogP contribution in [0, 0.1) is 6.92 Å². The summed E-state index contributed by atoms with van der Waals surface area (Å²) in [6, 6.07) is 11.7. The zero-order chi connectivity index (χ0) is 15.0. The molecule has 0 unspecified atom stereocenters. The molecule has 1 heterocycles. The van der Waals surface area contributed by atoms with E-state index in [0.717, 1.165) is 25.3 Å². The molecule has 3 aromatic rings. The number of aromatic nitrogens is 1. The Morgan fingerprint density at radius 3 is 2.67 bits per heavy atom. The van der Waals surface area contributed by atoms with Gasteiger partial charge in [-0.2, -0.15) is 0 Å². The van der Waals surface area contributed by atoms with Crippen LogP contribution >= 0.6 is 31.9 Å². The van der Waals surface area contributed by atoms with Crippen LogP contribution in [-0.2, 0) is 0 Å². The molecule has 3 rings (SSSR count). The van der Waals surface area contributed by atoms with Crippen LogP contribution in [0.5, 0.6) is 11.6 Å². The first-order valence-electron chi connectivity index (χ1n) is 6.33. The van der Waals surface area contributed by atoms with Gasteiger partial charge in [0.1, 0.15) is 0 Å². The van der Waals surface area contributed by atoms with Crippen molar-refractivity contribution in [2.75, 3.05) is 5.73 Å². The van der Waals surface area contributed by atoms with Gasteiger partial charge in [0.25, 0.3) is 0 Å². The summed E-state index contributed by atoms with van der Waals surface area (Å²) in [4.78, 5) is 4.34. The maximum absolute atomic E-state index is 6.05. The maximum atomic E-state index is 6.05. The van der Waals surface area contributed by atoms with Crippen LogP contribution in [0.1, 0.15) is 5.56 Å². The summed E-state index contributed by atoms with van der Waals surface area (Å²) in [5, 5.41) is 1.99. The fraction of sp³-hybridized carbons (Fsp3) is 0.0625. The molecule has 5 heteroatoms. The standard InChI is InChI=1S/C16H12Br2N2O/c1-9-7-10(17)8-14(19)15(9)21-16-12-3-2-4-13(18)11(12)5-6-20-16/h2-8H,19H2,1H3. The molecule has 21 heavy (non-hydrogen) atoms. The van der Waals surface area contributed by atoms with Gasteiger partial charge in [-0.05, 0) is 42.8 Å². The van der Waals surface area contributed by atoms with Crippen molar-refractivity contribution < 1.29 is 4.74 Å². The molecule has 0 spiro atoms. The van der Waals surface area contributed by atoms with Crippen LogP contribution in [0.15, 0.2) is 51.5 Å². The zero-order valence-electron chi connectivity index (χ0n) is 11.2. The first-order valence-corrected chi connectivity index (χ1v) is 7.91. The van der Waals surface area contributed by atoms with Gasteiger partial charge in [-0.1, -0.05) is 37.9 Å². The topological polar surface area (TPSA) is 48.1 Å². The second kappa shape index (κ2) is 5.66. The lowest BCUT2D eigenvalue weighted by Crippen LogP contribution is -1.97. The number of aryl methyl sites for hydroxylation is 1. The van der Waals surface area contributed by atoms with E-state index in [0.29, 0.717) is 17.3 Å². The van der Waals surface area contributed by atoms with Gasteiger partial charge in [-0.15, -0.1) is 0 Å². The van der Waals surface area contributed by atoms with Gasteiger partial charge in [0.05, 0.1) is 5.69 Å². The number of ether oxygens (including phenoxy) is 1. The Bertz CT molecular complexity index is 811. The fourth-order valence-corrected chi connectivity index (χ4v) is 3.30. The molecule has 0 fully saturated rings. The predicted molar refractivity (Wildman–Crippen MR) is 92.8 cm³/mol. The van der Waals surface area contributed by atoms with Gasteiger partial charge in [0.15, 0.2) is 5.75 Å². The largest absolute Gasteiger partial charge is 0.436 e. The Morgan fingerprint density at radius 2 is 1.90 bits per heavy atom. The molecular formula is C16H12Br2N2O. The van der Waals surface area contributed by atoms with Crippen molar-refractivity contribution in [3.8, 4) is 11.6 Å². The minimum absolute atomic E-state index is 0.547. The summed E-state index contributed by atoms with van der Waals surface area (Å²) < 4.78 is 7.92. The molecule has 1 aromatic heterocycles. The average Bonchev–Trinajstić information content (AvgIpc) is 2.43. The molecule has 0 amide bonds. The van der Waals surface area contributed by atoms with Crippen molar-refractivity contribution in [2.45, 2.75) is 6.92 Å². The number of nitrogens with zero attached hydrogens (tertiary/aromatic N) is 1. The summed E-state index contributed by atoms with van der Waals surface area (Å²) >= 11 is 6.97. The third kappa shape index (κ3) is 2.76. The molecule has 2 N–H and O–H groups in total. The molecule has 0 aliphatic heterocycles. The Morgan fingerprint density at radius 1 is 1.10 bits per heavy atom. The number of nitrogen functional groups attached to an aromatic ring is 1. The minimum Gasteiger partial charge on any atom is -0.436 e. The lowest BCUT2D eigenvalue weighted by Gasteiger charge is -2.13. The van der Waals surface area contributed by atoms with Crippen molar-refractivity contribution >= 4 is 48.3 Å². The molecule has 0 aliphatic carbocycles. The highest BCUT2D eigenvalue weighted by atomic mass is 79.9. The Kier molecular flexibility index (Phi) is 3.87. The number of pyridine rings is 1. The van der Waals surface area contributed by atoms with E-state index in [4.69, 9.17) is 10.5 Å². The molecule has 0 aliphatic rings. The van der Waals surface area contributed by atoms with Crippen molar-refractivity contribution in [3.63, 3.8) is 0 Å². The fourth-order valence-electron chi connectivity index (χ4n) is 2.22. The third-order valence-corrected chi connectivity index (χ3v) is 4.33. The monoisotopic (exact) mass is 406 g/mol. The zero-order valence-corrected chi connectivity index (χ0v) is 14.4. The van der Waals surface area contributed by atoms with Crippen molar-refractivity contribution in [2.24, 2.45) is 0 Å². The summed E-state index contributed by atoms with van der Waals surface area (Å²) in [7, 11) is 0. The van der Waals surface area contributed by atoms with Crippen LogP contribution in [0.3, 0.4) is 0 Å². The molecule has 2 aromatic carbocycles. The second-order valence-electron chi connectivity index (χ2n) is 4.69. The quantitative estimate of drug-likeness (QED) is 0.575. The van der Waals surface area contributed by atoms with E-state index in [1.165, 1.54) is 0 Å². The van der Waals surface area contributed by atoms with Gasteiger partial charge in [-0.3, -0.25) is 0 Å². The number of hydrogen-bond donors (Lipinski definition) is 1. The number of nitrogens with two attached hydrogens (primary N) is 1.